The molecule has 0 atom stereocenters. The fourth-order valence-electron chi connectivity index (χ4n) is 1.87. The second-order valence-corrected chi connectivity index (χ2v) is 3.59. The van der Waals surface area contributed by atoms with E-state index < -0.39 is 6.09 Å². The van der Waals surface area contributed by atoms with Crippen LogP contribution in [0.3, 0.4) is 0 Å². The summed E-state index contributed by atoms with van der Waals surface area (Å²) < 4.78 is 0. The first kappa shape index (κ1) is 7.39. The van der Waals surface area contributed by atoms with Crippen LogP contribution in [0.5, 0.6) is 0 Å². The molecular formula is C7H10N2O3. The van der Waals surface area contributed by atoms with Crippen molar-refractivity contribution < 1.29 is 14.7 Å². The Bertz CT molecular complexity index is 245. The summed E-state index contributed by atoms with van der Waals surface area (Å²) in [5.41, 5.74) is -0.0739. The van der Waals surface area contributed by atoms with E-state index in [1.54, 1.807) is 0 Å². The molecule has 66 valence electrons. The smallest absolute Gasteiger partial charge is 0.407 e. The van der Waals surface area contributed by atoms with Gasteiger partial charge in [0.15, 0.2) is 0 Å². The zero-order valence-electron chi connectivity index (χ0n) is 6.54. The van der Waals surface area contributed by atoms with Crippen molar-refractivity contribution in [2.75, 3.05) is 19.6 Å². The Balaban J connectivity index is 1.95. The van der Waals surface area contributed by atoms with Gasteiger partial charge in [0, 0.05) is 31.5 Å². The summed E-state index contributed by atoms with van der Waals surface area (Å²) in [7, 11) is 0. The van der Waals surface area contributed by atoms with Gasteiger partial charge < -0.3 is 15.3 Å². The molecule has 2 amide bonds. The molecule has 2 aliphatic rings. The van der Waals surface area contributed by atoms with Crippen LogP contribution in [-0.4, -0.2) is 41.6 Å². The Morgan fingerprint density at radius 1 is 1.58 bits per heavy atom. The van der Waals surface area contributed by atoms with Crippen LogP contribution in [-0.2, 0) is 4.79 Å². The minimum Gasteiger partial charge on any atom is -0.465 e. The molecule has 0 radical (unpaired) electrons. The van der Waals surface area contributed by atoms with Crippen LogP contribution in [0, 0.1) is 5.41 Å². The summed E-state index contributed by atoms with van der Waals surface area (Å²) in [6.07, 6.45) is -0.406. The van der Waals surface area contributed by atoms with Gasteiger partial charge in [-0.2, -0.15) is 0 Å². The Morgan fingerprint density at radius 3 is 2.67 bits per heavy atom. The Hall–Kier alpha value is -1.26. The van der Waals surface area contributed by atoms with Gasteiger partial charge in [-0.3, -0.25) is 4.79 Å². The molecule has 1 spiro atoms. The molecular weight excluding hydrogens is 160 g/mol. The van der Waals surface area contributed by atoms with E-state index in [0.717, 1.165) is 0 Å². The summed E-state index contributed by atoms with van der Waals surface area (Å²) >= 11 is 0. The lowest BCUT2D eigenvalue weighted by Gasteiger charge is -2.45. The van der Waals surface area contributed by atoms with E-state index in [0.29, 0.717) is 26.1 Å². The van der Waals surface area contributed by atoms with Crippen LogP contribution >= 0.6 is 0 Å². The predicted molar refractivity (Wildman–Crippen MR) is 39.7 cm³/mol. The molecule has 0 aliphatic carbocycles. The maximum Gasteiger partial charge on any atom is 0.407 e. The number of carbonyl (C=O) groups is 2. The average molecular weight is 170 g/mol. The molecule has 0 aromatic carbocycles. The highest BCUT2D eigenvalue weighted by Crippen LogP contribution is 2.36. The molecule has 2 N–H and O–H groups in total. The van der Waals surface area contributed by atoms with Crippen LogP contribution < -0.4 is 5.32 Å². The molecule has 2 aliphatic heterocycles. The Labute approximate surface area is 69.3 Å². The van der Waals surface area contributed by atoms with Crippen molar-refractivity contribution in [1.82, 2.24) is 10.2 Å². The highest BCUT2D eigenvalue weighted by Gasteiger charge is 2.49. The van der Waals surface area contributed by atoms with Gasteiger partial charge in [-0.1, -0.05) is 0 Å². The number of likely N-dealkylation sites (tertiary alicyclic amines) is 1. The van der Waals surface area contributed by atoms with Crippen molar-refractivity contribution in [3.8, 4) is 0 Å². The largest absolute Gasteiger partial charge is 0.465 e. The van der Waals surface area contributed by atoms with Crippen LogP contribution in [0.4, 0.5) is 4.79 Å². The SMILES string of the molecule is O=C1CC2(CN1)CN(C(=O)O)C2. The molecule has 12 heavy (non-hydrogen) atoms. The maximum absolute atomic E-state index is 10.9. The summed E-state index contributed by atoms with van der Waals surface area (Å²) in [5.74, 6) is 0.0417. The summed E-state index contributed by atoms with van der Waals surface area (Å²) in [6, 6.07) is 0. The van der Waals surface area contributed by atoms with Gasteiger partial charge in [-0.25, -0.2) is 4.79 Å². The van der Waals surface area contributed by atoms with E-state index in [-0.39, 0.29) is 11.3 Å². The third-order valence-corrected chi connectivity index (χ3v) is 2.52. The van der Waals surface area contributed by atoms with Gasteiger partial charge in [0.2, 0.25) is 5.91 Å². The monoisotopic (exact) mass is 170 g/mol. The zero-order chi connectivity index (χ0) is 8.77. The summed E-state index contributed by atoms with van der Waals surface area (Å²) in [6.45, 7) is 1.64. The number of carboxylic acid groups (broad SMARTS) is 1. The van der Waals surface area contributed by atoms with Gasteiger partial charge in [-0.05, 0) is 0 Å². The molecule has 0 saturated carbocycles. The standard InChI is InChI=1S/C7H10N2O3/c10-5-1-7(2-8-5)3-9(4-7)6(11)12/h1-4H2,(H,8,10)(H,11,12). The number of nitrogens with zero attached hydrogens (tertiary/aromatic N) is 1. The molecule has 5 nitrogen and oxygen atoms in total. The minimum absolute atomic E-state index is 0.0417. The number of nitrogens with one attached hydrogen (secondary N) is 1. The molecule has 5 heteroatoms. The normalized spacial score (nSPS) is 25.3. The van der Waals surface area contributed by atoms with Crippen molar-refractivity contribution in [2.24, 2.45) is 5.41 Å². The lowest BCUT2D eigenvalue weighted by atomic mass is 9.79. The summed E-state index contributed by atoms with van der Waals surface area (Å²) in [5, 5.41) is 11.3. The quantitative estimate of drug-likeness (QED) is 0.514. The molecule has 2 fully saturated rings. The van der Waals surface area contributed by atoms with Crippen molar-refractivity contribution >= 4 is 12.0 Å². The lowest BCUT2D eigenvalue weighted by Crippen LogP contribution is -2.59. The van der Waals surface area contributed by atoms with E-state index >= 15 is 0 Å². The number of carbonyl (C=O) groups excluding carboxylic acids is 1. The van der Waals surface area contributed by atoms with E-state index in [1.807, 2.05) is 0 Å². The number of amides is 2. The first-order valence-corrected chi connectivity index (χ1v) is 3.86. The molecule has 0 aromatic heterocycles. The third-order valence-electron chi connectivity index (χ3n) is 2.52. The molecule has 2 rings (SSSR count). The van der Waals surface area contributed by atoms with Crippen molar-refractivity contribution in [2.45, 2.75) is 6.42 Å². The molecule has 2 heterocycles. The van der Waals surface area contributed by atoms with E-state index in [2.05, 4.69) is 5.32 Å². The van der Waals surface area contributed by atoms with Crippen molar-refractivity contribution in [3.63, 3.8) is 0 Å². The Morgan fingerprint density at radius 2 is 2.25 bits per heavy atom. The van der Waals surface area contributed by atoms with Crippen molar-refractivity contribution in [1.29, 1.82) is 0 Å². The van der Waals surface area contributed by atoms with Gasteiger partial charge in [0.25, 0.3) is 0 Å². The minimum atomic E-state index is -0.889. The van der Waals surface area contributed by atoms with Crippen LogP contribution in [0.2, 0.25) is 0 Å². The molecule has 2 saturated heterocycles. The number of rotatable bonds is 0. The molecule has 0 unspecified atom stereocenters. The zero-order valence-corrected chi connectivity index (χ0v) is 6.54. The fraction of sp³-hybridized carbons (Fsp3) is 0.714. The highest BCUT2D eigenvalue weighted by molar-refractivity contribution is 5.80. The predicted octanol–water partition coefficient (Wildman–Crippen LogP) is -0.514. The van der Waals surface area contributed by atoms with Crippen LogP contribution in [0.15, 0.2) is 0 Å². The maximum atomic E-state index is 10.9. The first-order valence-electron chi connectivity index (χ1n) is 3.86. The van der Waals surface area contributed by atoms with E-state index in [1.165, 1.54) is 4.90 Å². The number of hydrogen-bond donors (Lipinski definition) is 2. The second kappa shape index (κ2) is 2.12. The van der Waals surface area contributed by atoms with Crippen LogP contribution in [0.1, 0.15) is 6.42 Å². The van der Waals surface area contributed by atoms with Crippen molar-refractivity contribution in [3.05, 3.63) is 0 Å². The molecule has 0 bridgehead atoms. The number of hydrogen-bond acceptors (Lipinski definition) is 2. The fourth-order valence-corrected chi connectivity index (χ4v) is 1.87. The average Bonchev–Trinajstić information content (AvgIpc) is 2.27. The Kier molecular flexibility index (Phi) is 1.31. The van der Waals surface area contributed by atoms with Gasteiger partial charge in [-0.15, -0.1) is 0 Å². The van der Waals surface area contributed by atoms with Gasteiger partial charge >= 0.3 is 6.09 Å². The lowest BCUT2D eigenvalue weighted by molar-refractivity contribution is -0.120. The second-order valence-electron chi connectivity index (χ2n) is 3.59. The topological polar surface area (TPSA) is 69.6 Å². The van der Waals surface area contributed by atoms with E-state index in [9.17, 15) is 9.59 Å². The van der Waals surface area contributed by atoms with E-state index in [4.69, 9.17) is 5.11 Å². The van der Waals surface area contributed by atoms with Crippen LogP contribution in [0.25, 0.3) is 0 Å². The third kappa shape index (κ3) is 0.929. The summed E-state index contributed by atoms with van der Waals surface area (Å²) in [4.78, 5) is 22.6. The molecule has 0 aromatic rings. The van der Waals surface area contributed by atoms with Gasteiger partial charge in [0.05, 0.1) is 0 Å². The first-order chi connectivity index (χ1) is 5.61. The highest BCUT2D eigenvalue weighted by atomic mass is 16.4. The van der Waals surface area contributed by atoms with Gasteiger partial charge in [0.1, 0.15) is 0 Å².